The first kappa shape index (κ1) is 10.4. The van der Waals surface area contributed by atoms with Crippen LogP contribution < -0.4 is 0 Å². The Morgan fingerprint density at radius 2 is 2.31 bits per heavy atom. The monoisotopic (exact) mass is 190 g/mol. The molecule has 1 aliphatic heterocycles. The Morgan fingerprint density at radius 3 is 2.69 bits per heavy atom. The van der Waals surface area contributed by atoms with Crippen molar-refractivity contribution in [3.05, 3.63) is 0 Å². The average molecular weight is 190 g/mol. The number of halogens is 1. The van der Waals surface area contributed by atoms with Crippen LogP contribution in [0.1, 0.15) is 6.42 Å². The van der Waals surface area contributed by atoms with E-state index in [0.717, 1.165) is 5.06 Å². The lowest BCUT2D eigenvalue weighted by atomic mass is 10.2. The topological polar surface area (TPSA) is 32.8 Å². The van der Waals surface area contributed by atoms with Crippen LogP contribution in [0.4, 0.5) is 4.39 Å². The van der Waals surface area contributed by atoms with Crippen molar-refractivity contribution in [1.29, 1.82) is 0 Å². The maximum Gasteiger partial charge on any atom is 0.263 e. The molecule has 0 N–H and O–H groups in total. The van der Waals surface area contributed by atoms with E-state index in [1.54, 1.807) is 11.9 Å². The van der Waals surface area contributed by atoms with Crippen molar-refractivity contribution in [3.8, 4) is 0 Å². The Hall–Kier alpha value is -0.680. The Labute approximate surface area is 77.2 Å². The number of rotatable bonds is 2. The zero-order valence-corrected chi connectivity index (χ0v) is 8.16. The van der Waals surface area contributed by atoms with Crippen molar-refractivity contribution >= 4 is 5.91 Å². The number of carbonyl (C=O) groups excluding carboxylic acids is 1. The molecule has 1 saturated heterocycles. The minimum atomic E-state index is -0.899. The van der Waals surface area contributed by atoms with E-state index in [9.17, 15) is 9.18 Å². The van der Waals surface area contributed by atoms with Gasteiger partial charge in [-0.3, -0.25) is 14.5 Å². The molecule has 1 aliphatic rings. The predicted molar refractivity (Wildman–Crippen MR) is 45.7 cm³/mol. The van der Waals surface area contributed by atoms with Gasteiger partial charge in [-0.2, -0.15) is 0 Å². The highest BCUT2D eigenvalue weighted by molar-refractivity contribution is 5.81. The number of amides is 1. The van der Waals surface area contributed by atoms with Crippen LogP contribution in [0.2, 0.25) is 0 Å². The second kappa shape index (κ2) is 4.02. The fourth-order valence-electron chi connectivity index (χ4n) is 1.53. The van der Waals surface area contributed by atoms with Crippen molar-refractivity contribution in [2.75, 3.05) is 27.7 Å². The van der Waals surface area contributed by atoms with Crippen LogP contribution in [0.5, 0.6) is 0 Å². The van der Waals surface area contributed by atoms with Gasteiger partial charge < -0.3 is 0 Å². The Kier molecular flexibility index (Phi) is 3.22. The maximum atomic E-state index is 12.9. The van der Waals surface area contributed by atoms with Crippen LogP contribution in [0.3, 0.4) is 0 Å². The molecule has 0 aromatic rings. The number of likely N-dealkylation sites (tertiary alicyclic amines) is 1. The summed E-state index contributed by atoms with van der Waals surface area (Å²) in [6.45, 7) is 0.327. The highest BCUT2D eigenvalue weighted by Crippen LogP contribution is 2.19. The first-order valence-corrected chi connectivity index (χ1v) is 4.22. The van der Waals surface area contributed by atoms with E-state index in [1.165, 1.54) is 14.2 Å². The Morgan fingerprint density at radius 1 is 1.69 bits per heavy atom. The molecule has 0 aromatic carbocycles. The summed E-state index contributed by atoms with van der Waals surface area (Å²) in [5, 5.41) is 1.14. The van der Waals surface area contributed by atoms with Gasteiger partial charge in [-0.25, -0.2) is 9.45 Å². The van der Waals surface area contributed by atoms with Crippen molar-refractivity contribution < 1.29 is 14.0 Å². The largest absolute Gasteiger partial charge is 0.292 e. The van der Waals surface area contributed by atoms with Gasteiger partial charge in [-0.05, 0) is 7.05 Å². The predicted octanol–water partition coefficient (Wildman–Crippen LogP) is 0.0484. The summed E-state index contributed by atoms with van der Waals surface area (Å²) in [5.41, 5.74) is 0. The zero-order valence-electron chi connectivity index (χ0n) is 8.16. The molecular formula is C8H15FN2O2. The Bertz CT molecular complexity index is 201. The molecule has 2 atom stereocenters. The fourth-order valence-corrected chi connectivity index (χ4v) is 1.53. The highest BCUT2D eigenvalue weighted by atomic mass is 19.1. The molecule has 13 heavy (non-hydrogen) atoms. The van der Waals surface area contributed by atoms with E-state index in [0.29, 0.717) is 6.54 Å². The van der Waals surface area contributed by atoms with Gasteiger partial charge in [0, 0.05) is 20.0 Å². The molecule has 0 unspecified atom stereocenters. The normalized spacial score (nSPS) is 29.2. The lowest BCUT2D eigenvalue weighted by Gasteiger charge is -2.22. The molecule has 1 fully saturated rings. The van der Waals surface area contributed by atoms with Gasteiger partial charge in [-0.15, -0.1) is 0 Å². The van der Waals surface area contributed by atoms with Crippen molar-refractivity contribution in [1.82, 2.24) is 9.96 Å². The second-order valence-electron chi connectivity index (χ2n) is 3.31. The van der Waals surface area contributed by atoms with Crippen LogP contribution >= 0.6 is 0 Å². The standard InChI is InChI=1S/C8H15FN2O2/c1-10-5-6(9)4-7(10)8(12)11(2)13-3/h6-7H,4-5H2,1-3H3/t6-,7+/m1/s1. The molecule has 0 bridgehead atoms. The van der Waals surface area contributed by atoms with Crippen LogP contribution in [-0.4, -0.2) is 55.8 Å². The molecule has 0 aliphatic carbocycles. The highest BCUT2D eigenvalue weighted by Gasteiger charge is 2.36. The van der Waals surface area contributed by atoms with Crippen LogP contribution in [0.15, 0.2) is 0 Å². The summed E-state index contributed by atoms with van der Waals surface area (Å²) in [7, 11) is 4.69. The van der Waals surface area contributed by atoms with Crippen LogP contribution in [0.25, 0.3) is 0 Å². The summed E-state index contributed by atoms with van der Waals surface area (Å²) in [4.78, 5) is 18.0. The number of hydrogen-bond acceptors (Lipinski definition) is 3. The molecular weight excluding hydrogens is 175 g/mol. The molecule has 1 amide bonds. The maximum absolute atomic E-state index is 12.9. The van der Waals surface area contributed by atoms with E-state index >= 15 is 0 Å². The number of likely N-dealkylation sites (N-methyl/N-ethyl adjacent to an activating group) is 2. The minimum absolute atomic E-state index is 0.190. The molecule has 5 heteroatoms. The first-order chi connectivity index (χ1) is 6.06. The molecule has 76 valence electrons. The summed E-state index contributed by atoms with van der Waals surface area (Å²) in [6.07, 6.45) is -0.632. The number of hydroxylamine groups is 2. The van der Waals surface area contributed by atoms with E-state index in [4.69, 9.17) is 4.84 Å². The number of alkyl halides is 1. The van der Waals surface area contributed by atoms with Crippen LogP contribution in [-0.2, 0) is 9.63 Å². The van der Waals surface area contributed by atoms with Gasteiger partial charge in [0.05, 0.1) is 13.2 Å². The molecule has 0 radical (unpaired) electrons. The van der Waals surface area contributed by atoms with Gasteiger partial charge in [0.15, 0.2) is 0 Å². The quantitative estimate of drug-likeness (QED) is 0.577. The van der Waals surface area contributed by atoms with Crippen molar-refractivity contribution in [2.45, 2.75) is 18.6 Å². The van der Waals surface area contributed by atoms with Gasteiger partial charge in [0.1, 0.15) is 6.17 Å². The third-order valence-electron chi connectivity index (χ3n) is 2.37. The van der Waals surface area contributed by atoms with E-state index in [2.05, 4.69) is 0 Å². The van der Waals surface area contributed by atoms with Gasteiger partial charge in [0.25, 0.3) is 5.91 Å². The molecule has 0 spiro atoms. The van der Waals surface area contributed by atoms with Gasteiger partial charge >= 0.3 is 0 Å². The molecule has 1 heterocycles. The van der Waals surface area contributed by atoms with E-state index < -0.39 is 6.17 Å². The molecule has 4 nitrogen and oxygen atoms in total. The van der Waals surface area contributed by atoms with Gasteiger partial charge in [0.2, 0.25) is 0 Å². The van der Waals surface area contributed by atoms with Crippen molar-refractivity contribution in [2.24, 2.45) is 0 Å². The first-order valence-electron chi connectivity index (χ1n) is 4.22. The Balaban J connectivity index is 2.57. The lowest BCUT2D eigenvalue weighted by molar-refractivity contribution is -0.173. The minimum Gasteiger partial charge on any atom is -0.292 e. The molecule has 0 saturated carbocycles. The third-order valence-corrected chi connectivity index (χ3v) is 2.37. The summed E-state index contributed by atoms with van der Waals surface area (Å²) in [6, 6.07) is -0.375. The van der Waals surface area contributed by atoms with E-state index in [-0.39, 0.29) is 18.4 Å². The lowest BCUT2D eigenvalue weighted by Crippen LogP contribution is -2.41. The zero-order chi connectivity index (χ0) is 10.0. The number of nitrogens with zero attached hydrogens (tertiary/aromatic N) is 2. The third kappa shape index (κ3) is 2.16. The number of carbonyl (C=O) groups is 1. The SMILES string of the molecule is CON(C)C(=O)[C@@H]1C[C@@H](F)CN1C. The van der Waals surface area contributed by atoms with Gasteiger partial charge in [-0.1, -0.05) is 0 Å². The summed E-state index contributed by atoms with van der Waals surface area (Å²) >= 11 is 0. The summed E-state index contributed by atoms with van der Waals surface area (Å²) < 4.78 is 12.9. The summed E-state index contributed by atoms with van der Waals surface area (Å²) in [5.74, 6) is -0.190. The smallest absolute Gasteiger partial charge is 0.263 e. The molecule has 1 rings (SSSR count). The number of hydrogen-bond donors (Lipinski definition) is 0. The second-order valence-corrected chi connectivity index (χ2v) is 3.31. The fraction of sp³-hybridized carbons (Fsp3) is 0.875. The van der Waals surface area contributed by atoms with Crippen molar-refractivity contribution in [3.63, 3.8) is 0 Å². The van der Waals surface area contributed by atoms with E-state index in [1.807, 2.05) is 0 Å². The van der Waals surface area contributed by atoms with Crippen LogP contribution in [0, 0.1) is 0 Å². The molecule has 0 aromatic heterocycles. The average Bonchev–Trinajstić information content (AvgIpc) is 2.42.